The van der Waals surface area contributed by atoms with Crippen LogP contribution in [0.2, 0.25) is 0 Å². The summed E-state index contributed by atoms with van der Waals surface area (Å²) in [7, 11) is 0. The summed E-state index contributed by atoms with van der Waals surface area (Å²) in [4.78, 5) is 31.2. The zero-order valence-electron chi connectivity index (χ0n) is 13.4. The molecule has 0 atom stereocenters. The minimum atomic E-state index is -1.18. The Hall–Kier alpha value is -3.48. The fourth-order valence-corrected chi connectivity index (χ4v) is 2.49. The van der Waals surface area contributed by atoms with E-state index in [1.54, 1.807) is 19.1 Å². The highest BCUT2D eigenvalue weighted by molar-refractivity contribution is 6.02. The van der Waals surface area contributed by atoms with Gasteiger partial charge >= 0.3 is 5.97 Å². The standard InChI is InChI=1S/C18H15N3O4/c1-10-15-12(7-8-13(21-15)11-5-3-2-4-6-11)17(24)16(20-10)18(25)19-9-14(22)23/h2-8,24H,9H2,1H3,(H,19,25)(H,22,23). The normalized spacial score (nSPS) is 10.6. The first-order valence-corrected chi connectivity index (χ1v) is 7.53. The van der Waals surface area contributed by atoms with Gasteiger partial charge < -0.3 is 15.5 Å². The Balaban J connectivity index is 2.06. The zero-order valence-corrected chi connectivity index (χ0v) is 13.4. The molecule has 1 aromatic carbocycles. The van der Waals surface area contributed by atoms with Crippen LogP contribution in [0.1, 0.15) is 16.2 Å². The Labute approximate surface area is 143 Å². The molecule has 2 aromatic heterocycles. The minimum Gasteiger partial charge on any atom is -0.505 e. The van der Waals surface area contributed by atoms with E-state index in [1.165, 1.54) is 0 Å². The van der Waals surface area contributed by atoms with Crippen molar-refractivity contribution in [1.82, 2.24) is 15.3 Å². The molecule has 25 heavy (non-hydrogen) atoms. The molecule has 0 bridgehead atoms. The van der Waals surface area contributed by atoms with Crippen LogP contribution in [-0.2, 0) is 4.79 Å². The van der Waals surface area contributed by atoms with Gasteiger partial charge in [-0.3, -0.25) is 9.59 Å². The second-order valence-electron chi connectivity index (χ2n) is 5.43. The topological polar surface area (TPSA) is 112 Å². The Morgan fingerprint density at radius 2 is 1.80 bits per heavy atom. The fourth-order valence-electron chi connectivity index (χ4n) is 2.49. The summed E-state index contributed by atoms with van der Waals surface area (Å²) in [5.41, 5.74) is 2.37. The van der Waals surface area contributed by atoms with E-state index in [1.807, 2.05) is 30.3 Å². The molecule has 7 heteroatoms. The average molecular weight is 337 g/mol. The Kier molecular flexibility index (Phi) is 4.30. The molecule has 0 aliphatic rings. The molecule has 3 N–H and O–H groups in total. The molecule has 126 valence electrons. The number of amides is 1. The molecule has 0 aliphatic carbocycles. The molecule has 0 aliphatic heterocycles. The van der Waals surface area contributed by atoms with Crippen LogP contribution in [0.3, 0.4) is 0 Å². The quantitative estimate of drug-likeness (QED) is 0.672. The van der Waals surface area contributed by atoms with Crippen molar-refractivity contribution in [2.75, 3.05) is 6.54 Å². The van der Waals surface area contributed by atoms with Gasteiger partial charge in [0.25, 0.3) is 5.91 Å². The summed E-state index contributed by atoms with van der Waals surface area (Å²) >= 11 is 0. The highest BCUT2D eigenvalue weighted by atomic mass is 16.4. The van der Waals surface area contributed by atoms with Crippen molar-refractivity contribution in [3.63, 3.8) is 0 Å². The van der Waals surface area contributed by atoms with Gasteiger partial charge in [0.15, 0.2) is 11.4 Å². The SMILES string of the molecule is Cc1nc(C(=O)NCC(=O)O)c(O)c2ccc(-c3ccccc3)nc12. The number of nitrogens with one attached hydrogen (secondary N) is 1. The van der Waals surface area contributed by atoms with E-state index < -0.39 is 18.4 Å². The molecule has 0 saturated heterocycles. The molecule has 7 nitrogen and oxygen atoms in total. The Morgan fingerprint density at radius 3 is 2.48 bits per heavy atom. The maximum Gasteiger partial charge on any atom is 0.322 e. The van der Waals surface area contributed by atoms with Gasteiger partial charge in [-0.15, -0.1) is 0 Å². The van der Waals surface area contributed by atoms with Gasteiger partial charge in [0.1, 0.15) is 6.54 Å². The van der Waals surface area contributed by atoms with Crippen LogP contribution < -0.4 is 5.32 Å². The number of aliphatic carboxylic acids is 1. The number of carbonyl (C=O) groups is 2. The van der Waals surface area contributed by atoms with E-state index in [4.69, 9.17) is 5.11 Å². The molecule has 2 heterocycles. The van der Waals surface area contributed by atoms with Crippen molar-refractivity contribution < 1.29 is 19.8 Å². The van der Waals surface area contributed by atoms with Crippen LogP contribution in [0.15, 0.2) is 42.5 Å². The predicted octanol–water partition coefficient (Wildman–Crippen LogP) is 2.13. The fraction of sp³-hybridized carbons (Fsp3) is 0.111. The smallest absolute Gasteiger partial charge is 0.322 e. The molecular formula is C18H15N3O4. The van der Waals surface area contributed by atoms with Crippen LogP contribution in [0.5, 0.6) is 5.75 Å². The van der Waals surface area contributed by atoms with Crippen LogP contribution in [0.4, 0.5) is 0 Å². The first kappa shape index (κ1) is 16.4. The van der Waals surface area contributed by atoms with Gasteiger partial charge in [-0.2, -0.15) is 0 Å². The Morgan fingerprint density at radius 1 is 1.08 bits per heavy atom. The summed E-state index contributed by atoms with van der Waals surface area (Å²) in [6.45, 7) is 1.12. The molecule has 0 spiro atoms. The maximum absolute atomic E-state index is 12.0. The molecular weight excluding hydrogens is 322 g/mol. The molecule has 1 amide bonds. The minimum absolute atomic E-state index is 0.222. The van der Waals surface area contributed by atoms with Crippen LogP contribution >= 0.6 is 0 Å². The van der Waals surface area contributed by atoms with Crippen molar-refractivity contribution in [2.24, 2.45) is 0 Å². The number of fused-ring (bicyclic) bond motifs is 1. The van der Waals surface area contributed by atoms with Crippen molar-refractivity contribution in [2.45, 2.75) is 6.92 Å². The number of hydrogen-bond acceptors (Lipinski definition) is 5. The number of rotatable bonds is 4. The highest BCUT2D eigenvalue weighted by Crippen LogP contribution is 2.30. The zero-order chi connectivity index (χ0) is 18.0. The number of carbonyl (C=O) groups excluding carboxylic acids is 1. The number of pyridine rings is 2. The third-order valence-corrected chi connectivity index (χ3v) is 3.68. The Bertz CT molecular complexity index is 971. The van der Waals surface area contributed by atoms with Gasteiger partial charge in [0.2, 0.25) is 0 Å². The molecule has 0 radical (unpaired) electrons. The number of aromatic nitrogens is 2. The first-order valence-electron chi connectivity index (χ1n) is 7.53. The van der Waals surface area contributed by atoms with E-state index in [0.717, 1.165) is 11.3 Å². The number of carboxylic acid groups (broad SMARTS) is 1. The number of nitrogens with zero attached hydrogens (tertiary/aromatic N) is 2. The van der Waals surface area contributed by atoms with E-state index in [0.29, 0.717) is 16.6 Å². The summed E-state index contributed by atoms with van der Waals surface area (Å²) in [6, 6.07) is 13.0. The predicted molar refractivity (Wildman–Crippen MR) is 91.3 cm³/mol. The number of hydrogen-bond donors (Lipinski definition) is 3. The first-order chi connectivity index (χ1) is 12.0. The largest absolute Gasteiger partial charge is 0.505 e. The van der Waals surface area contributed by atoms with Crippen LogP contribution in [0.25, 0.3) is 22.2 Å². The van der Waals surface area contributed by atoms with Gasteiger partial charge in [0, 0.05) is 10.9 Å². The molecule has 0 fully saturated rings. The maximum atomic E-state index is 12.0. The second-order valence-corrected chi connectivity index (χ2v) is 5.43. The average Bonchev–Trinajstić information content (AvgIpc) is 2.63. The highest BCUT2D eigenvalue weighted by Gasteiger charge is 2.19. The van der Waals surface area contributed by atoms with E-state index in [9.17, 15) is 14.7 Å². The van der Waals surface area contributed by atoms with Crippen molar-refractivity contribution in [1.29, 1.82) is 0 Å². The van der Waals surface area contributed by atoms with Crippen LogP contribution in [-0.4, -0.2) is 38.6 Å². The lowest BCUT2D eigenvalue weighted by Gasteiger charge is -2.10. The van der Waals surface area contributed by atoms with Crippen molar-refractivity contribution >= 4 is 22.8 Å². The third-order valence-electron chi connectivity index (χ3n) is 3.68. The monoisotopic (exact) mass is 337 g/mol. The number of carboxylic acids is 1. The lowest BCUT2D eigenvalue weighted by molar-refractivity contribution is -0.135. The second kappa shape index (κ2) is 6.56. The molecule has 3 rings (SSSR count). The van der Waals surface area contributed by atoms with Crippen molar-refractivity contribution in [3.05, 3.63) is 53.9 Å². The van der Waals surface area contributed by atoms with E-state index in [-0.39, 0.29) is 11.4 Å². The molecule has 0 saturated carbocycles. The van der Waals surface area contributed by atoms with E-state index in [2.05, 4.69) is 15.3 Å². The van der Waals surface area contributed by atoms with Gasteiger partial charge in [0.05, 0.1) is 16.9 Å². The third kappa shape index (κ3) is 3.25. The van der Waals surface area contributed by atoms with Gasteiger partial charge in [-0.05, 0) is 19.1 Å². The molecule has 0 unspecified atom stereocenters. The van der Waals surface area contributed by atoms with Gasteiger partial charge in [-0.25, -0.2) is 9.97 Å². The number of aromatic hydroxyl groups is 1. The summed E-state index contributed by atoms with van der Waals surface area (Å²) in [6.07, 6.45) is 0. The summed E-state index contributed by atoms with van der Waals surface area (Å²) in [5.74, 6) is -2.26. The lowest BCUT2D eigenvalue weighted by Crippen LogP contribution is -2.30. The summed E-state index contributed by atoms with van der Waals surface area (Å²) < 4.78 is 0. The lowest BCUT2D eigenvalue weighted by atomic mass is 10.1. The summed E-state index contributed by atoms with van der Waals surface area (Å²) in [5, 5.41) is 21.6. The number of aryl methyl sites for hydroxylation is 1. The van der Waals surface area contributed by atoms with Crippen molar-refractivity contribution in [3.8, 4) is 17.0 Å². The number of benzene rings is 1. The van der Waals surface area contributed by atoms with E-state index >= 15 is 0 Å². The van der Waals surface area contributed by atoms with Crippen LogP contribution in [0, 0.1) is 6.92 Å². The molecule has 3 aromatic rings. The van der Waals surface area contributed by atoms with Gasteiger partial charge in [-0.1, -0.05) is 30.3 Å².